The summed E-state index contributed by atoms with van der Waals surface area (Å²) in [6, 6.07) is 2.07. The molecule has 66 valence electrons. The average molecular weight is 163 g/mol. The zero-order valence-corrected chi connectivity index (χ0v) is 8.22. The Morgan fingerprint density at radius 3 is 2.67 bits per heavy atom. The molecule has 1 unspecified atom stereocenters. The summed E-state index contributed by atoms with van der Waals surface area (Å²) in [5.74, 6) is 0.902. The van der Waals surface area contributed by atoms with E-state index >= 15 is 0 Å². The number of nitrogens with zero attached hydrogens (tertiary/aromatic N) is 1. The molecule has 1 aliphatic carbocycles. The van der Waals surface area contributed by atoms with Crippen LogP contribution in [0, 0.1) is 22.7 Å². The lowest BCUT2D eigenvalue weighted by Gasteiger charge is -2.02. The Kier molecular flexibility index (Phi) is 2.57. The summed E-state index contributed by atoms with van der Waals surface area (Å²) in [6.07, 6.45) is 5.39. The van der Waals surface area contributed by atoms with E-state index in [2.05, 4.69) is 19.9 Å². The Hall–Kier alpha value is -0.770. The highest BCUT2D eigenvalue weighted by atomic mass is 14.5. The molecule has 12 heavy (non-hydrogen) atoms. The largest absolute Gasteiger partial charge is 0.193 e. The summed E-state index contributed by atoms with van der Waals surface area (Å²) >= 11 is 0. The molecule has 0 radical (unpaired) electrons. The smallest absolute Gasteiger partial charge is 0.0911 e. The molecule has 0 N–H and O–H groups in total. The highest BCUT2D eigenvalue weighted by molar-refractivity contribution is 5.11. The standard InChI is InChI=1S/C11H17N/c1-9(6-7-12)4-5-10-8-11(10,2)3/h6,10H,4-5,8H2,1-3H3. The van der Waals surface area contributed by atoms with Crippen LogP contribution in [0.15, 0.2) is 11.6 Å². The summed E-state index contributed by atoms with van der Waals surface area (Å²) < 4.78 is 0. The second-order valence-corrected chi connectivity index (χ2v) is 4.55. The third-order valence-corrected chi connectivity index (χ3v) is 2.92. The Morgan fingerprint density at radius 2 is 2.25 bits per heavy atom. The molecule has 1 nitrogen and oxygen atoms in total. The zero-order chi connectivity index (χ0) is 9.19. The quantitative estimate of drug-likeness (QED) is 0.586. The number of rotatable bonds is 3. The first-order valence-corrected chi connectivity index (χ1v) is 4.61. The van der Waals surface area contributed by atoms with Crippen LogP contribution >= 0.6 is 0 Å². The van der Waals surface area contributed by atoms with Gasteiger partial charge >= 0.3 is 0 Å². The van der Waals surface area contributed by atoms with Crippen molar-refractivity contribution in [2.45, 2.75) is 40.0 Å². The van der Waals surface area contributed by atoms with E-state index in [1.807, 2.05) is 6.92 Å². The van der Waals surface area contributed by atoms with Crippen molar-refractivity contribution >= 4 is 0 Å². The molecule has 1 fully saturated rings. The highest BCUT2D eigenvalue weighted by Crippen LogP contribution is 2.54. The van der Waals surface area contributed by atoms with Crippen molar-refractivity contribution in [2.75, 3.05) is 0 Å². The molecule has 0 saturated heterocycles. The van der Waals surface area contributed by atoms with Gasteiger partial charge < -0.3 is 0 Å². The molecule has 1 aliphatic rings. The van der Waals surface area contributed by atoms with E-state index < -0.39 is 0 Å². The second kappa shape index (κ2) is 3.31. The van der Waals surface area contributed by atoms with Crippen LogP contribution in [0.1, 0.15) is 40.0 Å². The van der Waals surface area contributed by atoms with Crippen LogP contribution in [-0.4, -0.2) is 0 Å². The molecule has 0 spiro atoms. The van der Waals surface area contributed by atoms with Crippen LogP contribution < -0.4 is 0 Å². The van der Waals surface area contributed by atoms with E-state index in [1.165, 1.54) is 18.4 Å². The highest BCUT2D eigenvalue weighted by Gasteiger charge is 2.44. The van der Waals surface area contributed by atoms with Crippen LogP contribution in [-0.2, 0) is 0 Å². The molecule has 0 aromatic carbocycles. The molecule has 1 heteroatoms. The van der Waals surface area contributed by atoms with Gasteiger partial charge in [-0.05, 0) is 37.5 Å². The van der Waals surface area contributed by atoms with Crippen LogP contribution in [0.5, 0.6) is 0 Å². The summed E-state index contributed by atoms with van der Waals surface area (Å²) in [7, 11) is 0. The molecule has 0 aromatic rings. The number of nitriles is 1. The SMILES string of the molecule is CC(=CC#N)CCC1CC1(C)C. The van der Waals surface area contributed by atoms with Crippen LogP contribution in [0.4, 0.5) is 0 Å². The summed E-state index contributed by atoms with van der Waals surface area (Å²) in [6.45, 7) is 6.68. The van der Waals surface area contributed by atoms with E-state index in [4.69, 9.17) is 5.26 Å². The summed E-state index contributed by atoms with van der Waals surface area (Å²) in [5, 5.41) is 8.39. The van der Waals surface area contributed by atoms with Gasteiger partial charge in [-0.15, -0.1) is 0 Å². The maximum atomic E-state index is 8.39. The fraction of sp³-hybridized carbons (Fsp3) is 0.727. The molecule has 1 rings (SSSR count). The van der Waals surface area contributed by atoms with E-state index in [1.54, 1.807) is 6.08 Å². The molecule has 1 saturated carbocycles. The average Bonchev–Trinajstić information content (AvgIpc) is 2.56. The van der Waals surface area contributed by atoms with Gasteiger partial charge in [0.05, 0.1) is 6.07 Å². The lowest BCUT2D eigenvalue weighted by Crippen LogP contribution is -1.90. The molecule has 0 heterocycles. The van der Waals surface area contributed by atoms with Crippen molar-refractivity contribution in [3.63, 3.8) is 0 Å². The van der Waals surface area contributed by atoms with Crippen molar-refractivity contribution in [1.82, 2.24) is 0 Å². The van der Waals surface area contributed by atoms with Gasteiger partial charge in [-0.2, -0.15) is 5.26 Å². The Labute approximate surface area is 75.1 Å². The first-order valence-electron chi connectivity index (χ1n) is 4.61. The normalized spacial score (nSPS) is 26.5. The topological polar surface area (TPSA) is 23.8 Å². The van der Waals surface area contributed by atoms with Crippen LogP contribution in [0.3, 0.4) is 0 Å². The lowest BCUT2D eigenvalue weighted by molar-refractivity contribution is 0.532. The third-order valence-electron chi connectivity index (χ3n) is 2.92. The second-order valence-electron chi connectivity index (χ2n) is 4.55. The summed E-state index contributed by atoms with van der Waals surface area (Å²) in [4.78, 5) is 0. The van der Waals surface area contributed by atoms with Crippen molar-refractivity contribution in [1.29, 1.82) is 5.26 Å². The molecule has 1 atom stereocenters. The van der Waals surface area contributed by atoms with Crippen LogP contribution in [0.25, 0.3) is 0 Å². The molecular formula is C11H17N. The molecule has 0 amide bonds. The third kappa shape index (κ3) is 2.37. The molecule has 0 aromatic heterocycles. The Bertz CT molecular complexity index is 230. The van der Waals surface area contributed by atoms with Crippen molar-refractivity contribution in [2.24, 2.45) is 11.3 Å². The van der Waals surface area contributed by atoms with E-state index in [0.29, 0.717) is 5.41 Å². The first kappa shape index (κ1) is 9.32. The molecule has 0 aliphatic heterocycles. The van der Waals surface area contributed by atoms with E-state index in [0.717, 1.165) is 12.3 Å². The van der Waals surface area contributed by atoms with Gasteiger partial charge in [-0.3, -0.25) is 0 Å². The van der Waals surface area contributed by atoms with Gasteiger partial charge in [-0.25, -0.2) is 0 Å². The fourth-order valence-electron chi connectivity index (χ4n) is 1.65. The van der Waals surface area contributed by atoms with Crippen LogP contribution in [0.2, 0.25) is 0 Å². The predicted octanol–water partition coefficient (Wildman–Crippen LogP) is 3.28. The van der Waals surface area contributed by atoms with Crippen molar-refractivity contribution in [3.8, 4) is 6.07 Å². The Balaban J connectivity index is 2.21. The minimum atomic E-state index is 0.590. The maximum Gasteiger partial charge on any atom is 0.0911 e. The van der Waals surface area contributed by atoms with E-state index in [9.17, 15) is 0 Å². The van der Waals surface area contributed by atoms with E-state index in [-0.39, 0.29) is 0 Å². The van der Waals surface area contributed by atoms with Crippen molar-refractivity contribution in [3.05, 3.63) is 11.6 Å². The first-order chi connectivity index (χ1) is 5.56. The van der Waals surface area contributed by atoms with Gasteiger partial charge in [0.25, 0.3) is 0 Å². The van der Waals surface area contributed by atoms with Crippen molar-refractivity contribution < 1.29 is 0 Å². The van der Waals surface area contributed by atoms with Gasteiger partial charge in [0, 0.05) is 6.08 Å². The fourth-order valence-corrected chi connectivity index (χ4v) is 1.65. The minimum Gasteiger partial charge on any atom is -0.193 e. The number of hydrogen-bond acceptors (Lipinski definition) is 1. The molecular weight excluding hydrogens is 146 g/mol. The van der Waals surface area contributed by atoms with Gasteiger partial charge in [-0.1, -0.05) is 19.4 Å². The Morgan fingerprint density at radius 1 is 1.67 bits per heavy atom. The minimum absolute atomic E-state index is 0.590. The number of allylic oxidation sites excluding steroid dienone is 2. The molecule has 0 bridgehead atoms. The van der Waals surface area contributed by atoms with Gasteiger partial charge in [0.2, 0.25) is 0 Å². The van der Waals surface area contributed by atoms with Gasteiger partial charge in [0.1, 0.15) is 0 Å². The lowest BCUT2D eigenvalue weighted by atomic mass is 10.0. The maximum absolute atomic E-state index is 8.39. The summed E-state index contributed by atoms with van der Waals surface area (Å²) in [5.41, 5.74) is 1.81. The number of hydrogen-bond donors (Lipinski definition) is 0. The predicted molar refractivity (Wildman–Crippen MR) is 50.5 cm³/mol. The van der Waals surface area contributed by atoms with Gasteiger partial charge in [0.15, 0.2) is 0 Å². The monoisotopic (exact) mass is 163 g/mol. The zero-order valence-electron chi connectivity index (χ0n) is 8.22.